The lowest BCUT2D eigenvalue weighted by molar-refractivity contribution is -0.132. The predicted octanol–water partition coefficient (Wildman–Crippen LogP) is 2.75. The van der Waals surface area contributed by atoms with E-state index in [1.807, 2.05) is 44.2 Å². The second-order valence-corrected chi connectivity index (χ2v) is 11.3. The normalized spacial score (nSPS) is 16.7. The van der Waals surface area contributed by atoms with E-state index in [1.165, 1.54) is 12.1 Å². The molecule has 232 valence electrons. The molecule has 1 fully saturated rings. The molecule has 0 spiro atoms. The van der Waals surface area contributed by atoms with Crippen LogP contribution in [-0.4, -0.2) is 59.9 Å². The Hall–Kier alpha value is -4.41. The molecule has 1 heterocycles. The zero-order valence-electron chi connectivity index (χ0n) is 24.7. The summed E-state index contributed by atoms with van der Waals surface area (Å²) >= 11 is 0. The smallest absolute Gasteiger partial charge is 0.408 e. The van der Waals surface area contributed by atoms with Crippen LogP contribution < -0.4 is 21.3 Å². The van der Waals surface area contributed by atoms with Crippen molar-refractivity contribution < 1.29 is 33.8 Å². The van der Waals surface area contributed by atoms with E-state index in [4.69, 9.17) is 4.74 Å². The second kappa shape index (κ2) is 16.9. The Morgan fingerprint density at radius 2 is 1.67 bits per heavy atom. The minimum absolute atomic E-state index is 0.0173. The van der Waals surface area contributed by atoms with Gasteiger partial charge >= 0.3 is 6.09 Å². The SMILES string of the molecule is CC(C)C[C@H](NC(=O)[C@H](CCc1ccc(O)cc1)NC(=O)OCc1ccccc1)C(=O)N[C@H](C=O)C[C@@H]1CCCNC1=O. The summed E-state index contributed by atoms with van der Waals surface area (Å²) in [7, 11) is 0. The molecule has 11 heteroatoms. The average molecular weight is 595 g/mol. The van der Waals surface area contributed by atoms with Crippen LogP contribution in [0.25, 0.3) is 0 Å². The zero-order valence-corrected chi connectivity index (χ0v) is 24.7. The number of benzene rings is 2. The number of carbonyl (C=O) groups excluding carboxylic acids is 5. The number of nitrogens with one attached hydrogen (secondary N) is 4. The fourth-order valence-corrected chi connectivity index (χ4v) is 4.92. The molecular formula is C32H42N4O7. The molecule has 4 atom stereocenters. The number of piperidine rings is 1. The van der Waals surface area contributed by atoms with Crippen molar-refractivity contribution in [1.82, 2.24) is 21.3 Å². The van der Waals surface area contributed by atoms with Gasteiger partial charge in [0.15, 0.2) is 0 Å². The van der Waals surface area contributed by atoms with E-state index >= 15 is 0 Å². The van der Waals surface area contributed by atoms with Crippen LogP contribution in [0.5, 0.6) is 5.75 Å². The topological polar surface area (TPSA) is 163 Å². The summed E-state index contributed by atoms with van der Waals surface area (Å²) in [6.45, 7) is 4.41. The van der Waals surface area contributed by atoms with E-state index < -0.39 is 36.0 Å². The highest BCUT2D eigenvalue weighted by Gasteiger charge is 2.31. The first kappa shape index (κ1) is 33.1. The van der Waals surface area contributed by atoms with Gasteiger partial charge in [0.25, 0.3) is 0 Å². The zero-order chi connectivity index (χ0) is 31.2. The number of aryl methyl sites for hydroxylation is 1. The molecule has 5 N–H and O–H groups in total. The van der Waals surface area contributed by atoms with Crippen molar-refractivity contribution in [3.05, 3.63) is 65.7 Å². The summed E-state index contributed by atoms with van der Waals surface area (Å²) in [5, 5.41) is 20.4. The van der Waals surface area contributed by atoms with Crippen LogP contribution in [0.2, 0.25) is 0 Å². The fourth-order valence-electron chi connectivity index (χ4n) is 4.92. The van der Waals surface area contributed by atoms with Gasteiger partial charge in [0.2, 0.25) is 17.7 Å². The van der Waals surface area contributed by atoms with Gasteiger partial charge in [-0.25, -0.2) is 4.79 Å². The number of aromatic hydroxyl groups is 1. The molecule has 2 aromatic rings. The maximum absolute atomic E-state index is 13.5. The van der Waals surface area contributed by atoms with Crippen LogP contribution in [0.4, 0.5) is 4.79 Å². The van der Waals surface area contributed by atoms with E-state index in [9.17, 15) is 29.1 Å². The highest BCUT2D eigenvalue weighted by atomic mass is 16.5. The van der Waals surface area contributed by atoms with Gasteiger partial charge < -0.3 is 35.9 Å². The maximum atomic E-state index is 13.5. The Labute approximate surface area is 252 Å². The summed E-state index contributed by atoms with van der Waals surface area (Å²) in [5.74, 6) is -1.50. The van der Waals surface area contributed by atoms with Gasteiger partial charge in [0, 0.05) is 12.5 Å². The molecule has 11 nitrogen and oxygen atoms in total. The molecule has 0 unspecified atom stereocenters. The van der Waals surface area contributed by atoms with Crippen molar-refractivity contribution in [2.45, 2.75) is 77.1 Å². The first-order chi connectivity index (χ1) is 20.6. The fraction of sp³-hybridized carbons (Fsp3) is 0.469. The Morgan fingerprint density at radius 3 is 2.33 bits per heavy atom. The molecule has 4 amide bonds. The molecule has 0 saturated carbocycles. The monoisotopic (exact) mass is 594 g/mol. The number of phenolic OH excluding ortho intramolecular Hbond substituents is 1. The number of hydrogen-bond donors (Lipinski definition) is 5. The number of rotatable bonds is 15. The summed E-state index contributed by atoms with van der Waals surface area (Å²) in [5.41, 5.74) is 1.62. The minimum atomic E-state index is -1.03. The Morgan fingerprint density at radius 1 is 0.977 bits per heavy atom. The number of phenols is 1. The molecule has 0 aliphatic carbocycles. The molecule has 2 aromatic carbocycles. The lowest BCUT2D eigenvalue weighted by Crippen LogP contribution is -2.56. The third-order valence-electron chi connectivity index (χ3n) is 7.25. The first-order valence-electron chi connectivity index (χ1n) is 14.7. The van der Waals surface area contributed by atoms with E-state index in [2.05, 4.69) is 21.3 Å². The third-order valence-corrected chi connectivity index (χ3v) is 7.25. The quantitative estimate of drug-likeness (QED) is 0.198. The van der Waals surface area contributed by atoms with Crippen molar-refractivity contribution in [3.63, 3.8) is 0 Å². The van der Waals surface area contributed by atoms with E-state index in [-0.39, 0.29) is 49.4 Å². The first-order valence-corrected chi connectivity index (χ1v) is 14.7. The third kappa shape index (κ3) is 11.4. The van der Waals surface area contributed by atoms with Gasteiger partial charge in [-0.2, -0.15) is 0 Å². The van der Waals surface area contributed by atoms with Crippen molar-refractivity contribution in [1.29, 1.82) is 0 Å². The number of aldehydes is 1. The second-order valence-electron chi connectivity index (χ2n) is 11.3. The summed E-state index contributed by atoms with van der Waals surface area (Å²) in [4.78, 5) is 63.5. The summed E-state index contributed by atoms with van der Waals surface area (Å²) in [6.07, 6.45) is 2.31. The number of alkyl carbamates (subject to hydrolysis) is 1. The molecule has 43 heavy (non-hydrogen) atoms. The average Bonchev–Trinajstić information content (AvgIpc) is 2.99. The van der Waals surface area contributed by atoms with Gasteiger partial charge in [-0.15, -0.1) is 0 Å². The molecule has 3 rings (SSSR count). The van der Waals surface area contributed by atoms with E-state index in [1.54, 1.807) is 12.1 Å². The van der Waals surface area contributed by atoms with Gasteiger partial charge in [0.1, 0.15) is 30.7 Å². The molecular weight excluding hydrogens is 552 g/mol. The lowest BCUT2D eigenvalue weighted by atomic mass is 9.91. The molecule has 1 aliphatic heterocycles. The number of hydrogen-bond acceptors (Lipinski definition) is 7. The summed E-state index contributed by atoms with van der Waals surface area (Å²) < 4.78 is 5.33. The Balaban J connectivity index is 1.68. The van der Waals surface area contributed by atoms with Crippen LogP contribution in [0.3, 0.4) is 0 Å². The van der Waals surface area contributed by atoms with E-state index in [0.717, 1.165) is 17.5 Å². The van der Waals surface area contributed by atoms with Gasteiger partial charge in [0.05, 0.1) is 6.04 Å². The largest absolute Gasteiger partial charge is 0.508 e. The minimum Gasteiger partial charge on any atom is -0.508 e. The molecule has 0 radical (unpaired) electrons. The number of amides is 4. The standard InChI is InChI=1S/C32H42N4O7/c1-21(2)17-28(31(41)34-25(19-37)18-24-9-6-16-33-29(24)39)35-30(40)27(15-12-22-10-13-26(38)14-11-22)36-32(42)43-20-23-7-4-3-5-8-23/h3-5,7-8,10-11,13-14,19,21,24-25,27-28,38H,6,9,12,15-18,20H2,1-2H3,(H,33,39)(H,34,41)(H,35,40)(H,36,42)/t24-,25-,27-,28-/m0/s1. The van der Waals surface area contributed by atoms with Crippen molar-refractivity contribution in [2.75, 3.05) is 6.54 Å². The van der Waals surface area contributed by atoms with Gasteiger partial charge in [-0.05, 0) is 67.7 Å². The molecule has 0 bridgehead atoms. The van der Waals surface area contributed by atoms with Crippen LogP contribution in [0.15, 0.2) is 54.6 Å². The molecule has 0 aromatic heterocycles. The molecule has 1 saturated heterocycles. The lowest BCUT2D eigenvalue weighted by Gasteiger charge is -2.27. The maximum Gasteiger partial charge on any atom is 0.408 e. The van der Waals surface area contributed by atoms with Gasteiger partial charge in [-0.1, -0.05) is 56.3 Å². The predicted molar refractivity (Wildman–Crippen MR) is 160 cm³/mol. The van der Waals surface area contributed by atoms with Crippen LogP contribution in [0, 0.1) is 11.8 Å². The number of carbonyl (C=O) groups is 5. The highest BCUT2D eigenvalue weighted by molar-refractivity contribution is 5.92. The van der Waals surface area contributed by atoms with Crippen LogP contribution in [-0.2, 0) is 36.9 Å². The van der Waals surface area contributed by atoms with Crippen molar-refractivity contribution in [2.24, 2.45) is 11.8 Å². The van der Waals surface area contributed by atoms with Crippen LogP contribution in [0.1, 0.15) is 57.1 Å². The highest BCUT2D eigenvalue weighted by Crippen LogP contribution is 2.18. The van der Waals surface area contributed by atoms with Crippen molar-refractivity contribution >= 4 is 30.1 Å². The van der Waals surface area contributed by atoms with Crippen molar-refractivity contribution in [3.8, 4) is 5.75 Å². The van der Waals surface area contributed by atoms with Crippen LogP contribution >= 0.6 is 0 Å². The van der Waals surface area contributed by atoms with E-state index in [0.29, 0.717) is 25.7 Å². The Kier molecular flexibility index (Phi) is 13.0. The Bertz CT molecular complexity index is 1220. The summed E-state index contributed by atoms with van der Waals surface area (Å²) in [6, 6.07) is 12.7. The molecule has 1 aliphatic rings. The van der Waals surface area contributed by atoms with Gasteiger partial charge in [-0.3, -0.25) is 14.4 Å². The number of ether oxygens (including phenoxy) is 1.